The molecule has 5 rings (SSSR count). The minimum absolute atomic E-state index is 0.0186. The lowest BCUT2D eigenvalue weighted by atomic mass is 9.88. The third-order valence-corrected chi connectivity index (χ3v) is 7.43. The van der Waals surface area contributed by atoms with E-state index in [-0.39, 0.29) is 29.9 Å². The van der Waals surface area contributed by atoms with Crippen LogP contribution in [0.15, 0.2) is 65.0 Å². The number of ketones is 1. The zero-order chi connectivity index (χ0) is 26.3. The second-order valence-corrected chi connectivity index (χ2v) is 10.3. The fraction of sp³-hybridized carbons (Fsp3) is 0.419. The van der Waals surface area contributed by atoms with Gasteiger partial charge in [0.1, 0.15) is 6.17 Å². The summed E-state index contributed by atoms with van der Waals surface area (Å²) >= 11 is 0. The number of benzene rings is 2. The van der Waals surface area contributed by atoms with Crippen molar-refractivity contribution in [1.29, 1.82) is 0 Å². The van der Waals surface area contributed by atoms with E-state index in [0.717, 1.165) is 49.5 Å². The summed E-state index contributed by atoms with van der Waals surface area (Å²) in [5, 5.41) is 13.7. The van der Waals surface area contributed by atoms with E-state index in [1.165, 1.54) is 5.56 Å². The summed E-state index contributed by atoms with van der Waals surface area (Å²) in [5.74, 6) is 5.92. The number of alkyl halides is 1. The summed E-state index contributed by atoms with van der Waals surface area (Å²) in [6.07, 6.45) is 2.43. The number of aliphatic imine (C=N–C) groups is 1. The Labute approximate surface area is 223 Å². The number of carbonyl (C=O) groups excluding carboxylic acids is 1. The van der Waals surface area contributed by atoms with Gasteiger partial charge in [-0.1, -0.05) is 36.1 Å². The molecule has 0 bridgehead atoms. The van der Waals surface area contributed by atoms with Gasteiger partial charge in [0.05, 0.1) is 18.9 Å². The number of aliphatic hydroxyl groups is 1. The maximum Gasteiger partial charge on any atom is 0.204 e. The molecule has 1 atom stereocenters. The van der Waals surface area contributed by atoms with Gasteiger partial charge in [-0.25, -0.2) is 4.39 Å². The average molecular weight is 516 g/mol. The average Bonchev–Trinajstić information content (AvgIpc) is 2.92. The van der Waals surface area contributed by atoms with Gasteiger partial charge < -0.3 is 15.2 Å². The molecular weight excluding hydrogens is 481 g/mol. The molecule has 2 aromatic rings. The highest BCUT2D eigenvalue weighted by atomic mass is 19.1. The normalized spacial score (nSPS) is 22.5. The van der Waals surface area contributed by atoms with Crippen molar-refractivity contribution < 1.29 is 19.0 Å². The van der Waals surface area contributed by atoms with Gasteiger partial charge in [0, 0.05) is 68.3 Å². The van der Waals surface area contributed by atoms with Crippen LogP contribution >= 0.6 is 0 Å². The molecule has 1 unspecified atom stereocenters. The van der Waals surface area contributed by atoms with Crippen LogP contribution in [0, 0.1) is 11.8 Å². The number of allylic oxidation sites excluding steroid dienone is 2. The van der Waals surface area contributed by atoms with Gasteiger partial charge in [-0.2, -0.15) is 0 Å². The molecule has 2 aliphatic heterocycles. The van der Waals surface area contributed by atoms with Crippen molar-refractivity contribution in [3.63, 3.8) is 0 Å². The first-order chi connectivity index (χ1) is 18.5. The molecule has 198 valence electrons. The number of ether oxygens (including phenoxy) is 1. The van der Waals surface area contributed by atoms with E-state index in [2.05, 4.69) is 51.3 Å². The number of nitrogens with one attached hydrogen (secondary N) is 1. The second kappa shape index (κ2) is 12.5. The van der Waals surface area contributed by atoms with Gasteiger partial charge >= 0.3 is 0 Å². The zero-order valence-corrected chi connectivity index (χ0v) is 21.5. The lowest BCUT2D eigenvalue weighted by molar-refractivity contribution is -0.117. The first-order valence-corrected chi connectivity index (χ1v) is 13.4. The Morgan fingerprint density at radius 2 is 1.71 bits per heavy atom. The van der Waals surface area contributed by atoms with E-state index in [1.807, 2.05) is 24.3 Å². The maximum atomic E-state index is 13.3. The Morgan fingerprint density at radius 1 is 1.05 bits per heavy atom. The lowest BCUT2D eigenvalue weighted by Gasteiger charge is -2.32. The molecule has 1 saturated heterocycles. The van der Waals surface area contributed by atoms with E-state index < -0.39 is 6.17 Å². The van der Waals surface area contributed by atoms with Crippen molar-refractivity contribution in [2.75, 3.05) is 32.8 Å². The van der Waals surface area contributed by atoms with Crippen LogP contribution in [0.5, 0.6) is 0 Å². The highest BCUT2D eigenvalue weighted by Gasteiger charge is 2.29. The van der Waals surface area contributed by atoms with Gasteiger partial charge in [-0.15, -0.1) is 0 Å². The molecule has 0 radical (unpaired) electrons. The predicted molar refractivity (Wildman–Crippen MR) is 146 cm³/mol. The number of morpholine rings is 1. The first kappa shape index (κ1) is 26.3. The highest BCUT2D eigenvalue weighted by molar-refractivity contribution is 6.03. The van der Waals surface area contributed by atoms with Gasteiger partial charge in [0.2, 0.25) is 5.78 Å². The first-order valence-electron chi connectivity index (χ1n) is 13.4. The molecule has 1 aliphatic carbocycles. The van der Waals surface area contributed by atoms with Crippen molar-refractivity contribution in [3.8, 4) is 11.8 Å². The third kappa shape index (κ3) is 6.96. The third-order valence-electron chi connectivity index (χ3n) is 7.43. The molecular formula is C31H34FN3O3. The van der Waals surface area contributed by atoms with Crippen LogP contribution in [0.1, 0.15) is 53.9 Å². The number of carbonyl (C=O) groups is 1. The molecule has 0 aromatic heterocycles. The quantitative estimate of drug-likeness (QED) is 0.513. The summed E-state index contributed by atoms with van der Waals surface area (Å²) < 4.78 is 18.7. The molecule has 0 spiro atoms. The molecule has 7 heteroatoms. The zero-order valence-electron chi connectivity index (χ0n) is 21.5. The Balaban J connectivity index is 1.23. The lowest BCUT2D eigenvalue weighted by Crippen LogP contribution is -2.43. The molecule has 1 saturated carbocycles. The summed E-state index contributed by atoms with van der Waals surface area (Å²) in [6, 6.07) is 16.6. The van der Waals surface area contributed by atoms with Crippen LogP contribution < -0.4 is 5.32 Å². The highest BCUT2D eigenvalue weighted by Crippen LogP contribution is 2.29. The van der Waals surface area contributed by atoms with Crippen LogP contribution in [-0.2, 0) is 16.1 Å². The van der Waals surface area contributed by atoms with Gasteiger partial charge in [-0.3, -0.25) is 14.7 Å². The molecule has 2 aromatic carbocycles. The number of hydrogen-bond acceptors (Lipinski definition) is 6. The van der Waals surface area contributed by atoms with E-state index in [0.29, 0.717) is 31.5 Å². The van der Waals surface area contributed by atoms with Crippen molar-refractivity contribution in [1.82, 2.24) is 10.2 Å². The van der Waals surface area contributed by atoms with Crippen molar-refractivity contribution in [2.24, 2.45) is 4.99 Å². The molecule has 6 nitrogen and oxygen atoms in total. The molecule has 0 amide bonds. The Morgan fingerprint density at radius 3 is 2.37 bits per heavy atom. The minimum Gasteiger partial charge on any atom is -0.503 e. The van der Waals surface area contributed by atoms with Gasteiger partial charge in [-0.05, 0) is 48.2 Å². The van der Waals surface area contributed by atoms with Gasteiger partial charge in [0.25, 0.3) is 0 Å². The second-order valence-electron chi connectivity index (χ2n) is 10.3. The topological polar surface area (TPSA) is 74.2 Å². The number of rotatable bonds is 8. The number of halogens is 1. The SMILES string of the molecule is O=C1CC=NC(CC(CNC2CC(F)C2)c2ccc(C#Cc3ccc(CN4CCOCC4)cc3)cc2)=C1O. The number of aliphatic hydroxyl groups excluding tert-OH is 1. The fourth-order valence-electron chi connectivity index (χ4n) is 4.97. The van der Waals surface area contributed by atoms with Crippen molar-refractivity contribution >= 4 is 12.0 Å². The summed E-state index contributed by atoms with van der Waals surface area (Å²) in [7, 11) is 0. The molecule has 38 heavy (non-hydrogen) atoms. The summed E-state index contributed by atoms with van der Waals surface area (Å²) in [6.45, 7) is 5.08. The number of hydrogen-bond donors (Lipinski definition) is 2. The monoisotopic (exact) mass is 515 g/mol. The van der Waals surface area contributed by atoms with E-state index in [9.17, 15) is 14.3 Å². The standard InChI is InChI=1S/C31H34FN3O3/c32-27-18-28(19-27)34-20-26(17-29-31(37)30(36)11-12-33-29)25-9-7-23(8-10-25)2-1-22-3-5-24(6-4-22)21-35-13-15-38-16-14-35/h3-10,12,26-28,34,37H,11,13-21H2. The Hall–Kier alpha value is -3.31. The van der Waals surface area contributed by atoms with Crippen LogP contribution in [0.25, 0.3) is 0 Å². The van der Waals surface area contributed by atoms with E-state index in [1.54, 1.807) is 6.21 Å². The van der Waals surface area contributed by atoms with E-state index >= 15 is 0 Å². The van der Waals surface area contributed by atoms with Crippen molar-refractivity contribution in [2.45, 2.75) is 50.4 Å². The van der Waals surface area contributed by atoms with Gasteiger partial charge in [0.15, 0.2) is 5.76 Å². The Bertz CT molecular complexity index is 1230. The largest absolute Gasteiger partial charge is 0.503 e. The fourth-order valence-corrected chi connectivity index (χ4v) is 4.97. The Kier molecular flexibility index (Phi) is 8.65. The molecule has 2 N–H and O–H groups in total. The van der Waals surface area contributed by atoms with E-state index in [4.69, 9.17) is 4.74 Å². The van der Waals surface area contributed by atoms with Crippen LogP contribution in [0.3, 0.4) is 0 Å². The summed E-state index contributed by atoms with van der Waals surface area (Å²) in [4.78, 5) is 18.6. The minimum atomic E-state index is -0.725. The molecule has 3 aliphatic rings. The number of nitrogens with zero attached hydrogens (tertiary/aromatic N) is 2. The van der Waals surface area contributed by atoms with Crippen molar-refractivity contribution in [3.05, 3.63) is 82.2 Å². The van der Waals surface area contributed by atoms with Crippen LogP contribution in [0.4, 0.5) is 4.39 Å². The van der Waals surface area contributed by atoms with Crippen LogP contribution in [-0.4, -0.2) is 67.1 Å². The molecule has 2 fully saturated rings. The summed E-state index contributed by atoms with van der Waals surface area (Å²) in [5.41, 5.74) is 4.61. The van der Waals surface area contributed by atoms with Crippen LogP contribution in [0.2, 0.25) is 0 Å². The maximum absolute atomic E-state index is 13.3. The number of Topliss-reactive ketones (excluding diaryl/α,β-unsaturated/α-hetero) is 1. The smallest absolute Gasteiger partial charge is 0.204 e. The molecule has 2 heterocycles. The predicted octanol–water partition coefficient (Wildman–Crippen LogP) is 4.30.